The Morgan fingerprint density at radius 3 is 2.35 bits per heavy atom. The molecule has 3 heteroatoms. The van der Waals surface area contributed by atoms with Gasteiger partial charge in [-0.2, -0.15) is 0 Å². The van der Waals surface area contributed by atoms with Gasteiger partial charge in [0.05, 0.1) is 0 Å². The number of para-hydroxylation sites is 1. The predicted octanol–water partition coefficient (Wildman–Crippen LogP) is 3.78. The number of aryl methyl sites for hydroxylation is 1. The minimum absolute atomic E-state index is 0.728. The SMILES string of the molecule is Cc1ccccc1N1CCN([C@@H]2CCCN(Cc3ccccc3)C2)CC1. The lowest BCUT2D eigenvalue weighted by Gasteiger charge is -2.44. The van der Waals surface area contributed by atoms with E-state index in [0.717, 1.165) is 25.7 Å². The first-order valence-corrected chi connectivity index (χ1v) is 10.1. The van der Waals surface area contributed by atoms with E-state index in [1.165, 1.54) is 55.8 Å². The first-order valence-electron chi connectivity index (χ1n) is 10.1. The van der Waals surface area contributed by atoms with E-state index < -0.39 is 0 Å². The highest BCUT2D eigenvalue weighted by atomic mass is 15.3. The minimum atomic E-state index is 0.728. The van der Waals surface area contributed by atoms with Crippen LogP contribution in [0.1, 0.15) is 24.0 Å². The molecule has 26 heavy (non-hydrogen) atoms. The van der Waals surface area contributed by atoms with E-state index in [0.29, 0.717) is 0 Å². The van der Waals surface area contributed by atoms with E-state index in [1.807, 2.05) is 0 Å². The number of hydrogen-bond acceptors (Lipinski definition) is 3. The van der Waals surface area contributed by atoms with Crippen LogP contribution >= 0.6 is 0 Å². The van der Waals surface area contributed by atoms with Crippen molar-refractivity contribution in [2.45, 2.75) is 32.4 Å². The molecule has 0 aliphatic carbocycles. The highest BCUT2D eigenvalue weighted by Gasteiger charge is 2.28. The quantitative estimate of drug-likeness (QED) is 0.832. The Labute approximate surface area is 158 Å². The number of rotatable bonds is 4. The third-order valence-corrected chi connectivity index (χ3v) is 6.02. The molecular formula is C23H31N3. The minimum Gasteiger partial charge on any atom is -0.369 e. The van der Waals surface area contributed by atoms with Crippen molar-refractivity contribution in [1.82, 2.24) is 9.80 Å². The van der Waals surface area contributed by atoms with E-state index in [2.05, 4.69) is 76.2 Å². The van der Waals surface area contributed by atoms with Crippen molar-refractivity contribution in [1.29, 1.82) is 0 Å². The van der Waals surface area contributed by atoms with Crippen LogP contribution in [0.3, 0.4) is 0 Å². The average molecular weight is 350 g/mol. The van der Waals surface area contributed by atoms with Gasteiger partial charge in [-0.3, -0.25) is 9.80 Å². The molecule has 0 radical (unpaired) electrons. The standard InChI is InChI=1S/C23H31N3/c1-20-8-5-6-12-23(20)26-16-14-25(15-17-26)22-11-7-13-24(19-22)18-21-9-3-2-4-10-21/h2-6,8-10,12,22H,7,11,13-19H2,1H3/t22-/m1/s1. The number of benzene rings is 2. The van der Waals surface area contributed by atoms with Crippen molar-refractivity contribution >= 4 is 5.69 Å². The molecule has 1 atom stereocenters. The Hall–Kier alpha value is -1.84. The first-order chi connectivity index (χ1) is 12.8. The number of hydrogen-bond donors (Lipinski definition) is 0. The van der Waals surface area contributed by atoms with Gasteiger partial charge in [0.25, 0.3) is 0 Å². The molecular weight excluding hydrogens is 318 g/mol. The van der Waals surface area contributed by atoms with E-state index in [9.17, 15) is 0 Å². The maximum atomic E-state index is 2.74. The zero-order valence-corrected chi connectivity index (χ0v) is 16.0. The maximum absolute atomic E-state index is 2.74. The Balaban J connectivity index is 1.32. The lowest BCUT2D eigenvalue weighted by Crippen LogP contribution is -2.55. The van der Waals surface area contributed by atoms with Gasteiger partial charge in [0, 0.05) is 51.0 Å². The summed E-state index contributed by atoms with van der Waals surface area (Å²) >= 11 is 0. The number of nitrogens with zero attached hydrogens (tertiary/aromatic N) is 3. The second-order valence-corrected chi connectivity index (χ2v) is 7.83. The van der Waals surface area contributed by atoms with Crippen molar-refractivity contribution in [3.8, 4) is 0 Å². The maximum Gasteiger partial charge on any atom is 0.0396 e. The van der Waals surface area contributed by atoms with Crippen LogP contribution in [-0.4, -0.2) is 55.1 Å². The van der Waals surface area contributed by atoms with Gasteiger partial charge in [0.2, 0.25) is 0 Å². The molecule has 3 nitrogen and oxygen atoms in total. The van der Waals surface area contributed by atoms with Crippen LogP contribution in [0.25, 0.3) is 0 Å². The largest absolute Gasteiger partial charge is 0.369 e. The monoisotopic (exact) mass is 349 g/mol. The van der Waals surface area contributed by atoms with Crippen molar-refractivity contribution in [2.75, 3.05) is 44.2 Å². The fourth-order valence-corrected chi connectivity index (χ4v) is 4.56. The summed E-state index contributed by atoms with van der Waals surface area (Å²) in [6, 6.07) is 20.5. The third-order valence-electron chi connectivity index (χ3n) is 6.02. The smallest absolute Gasteiger partial charge is 0.0396 e. The number of likely N-dealkylation sites (tertiary alicyclic amines) is 1. The fourth-order valence-electron chi connectivity index (χ4n) is 4.56. The summed E-state index contributed by atoms with van der Waals surface area (Å²) in [6.07, 6.45) is 2.69. The van der Waals surface area contributed by atoms with Gasteiger partial charge in [-0.1, -0.05) is 48.5 Å². The number of piperazine rings is 1. The fraction of sp³-hybridized carbons (Fsp3) is 0.478. The lowest BCUT2D eigenvalue weighted by atomic mass is 10.0. The van der Waals surface area contributed by atoms with Gasteiger partial charge in [0.1, 0.15) is 0 Å². The highest BCUT2D eigenvalue weighted by Crippen LogP contribution is 2.24. The first kappa shape index (κ1) is 17.6. The second-order valence-electron chi connectivity index (χ2n) is 7.83. The molecule has 138 valence electrons. The van der Waals surface area contributed by atoms with E-state index in [4.69, 9.17) is 0 Å². The molecule has 2 aromatic rings. The van der Waals surface area contributed by atoms with E-state index in [1.54, 1.807) is 0 Å². The van der Waals surface area contributed by atoms with Crippen molar-refractivity contribution in [3.05, 3.63) is 65.7 Å². The average Bonchev–Trinajstić information content (AvgIpc) is 2.70. The topological polar surface area (TPSA) is 9.72 Å². The molecule has 0 saturated carbocycles. The van der Waals surface area contributed by atoms with Gasteiger partial charge in [0.15, 0.2) is 0 Å². The molecule has 2 heterocycles. The van der Waals surface area contributed by atoms with Crippen LogP contribution in [0, 0.1) is 6.92 Å². The van der Waals surface area contributed by atoms with Gasteiger partial charge in [-0.05, 0) is 43.5 Å². The third kappa shape index (κ3) is 4.11. The Bertz CT molecular complexity index is 692. The summed E-state index contributed by atoms with van der Waals surface area (Å²) in [6.45, 7) is 10.5. The second kappa shape index (κ2) is 8.24. The number of anilines is 1. The van der Waals surface area contributed by atoms with Gasteiger partial charge in [-0.15, -0.1) is 0 Å². The molecule has 0 spiro atoms. The van der Waals surface area contributed by atoms with Gasteiger partial charge >= 0.3 is 0 Å². The summed E-state index contributed by atoms with van der Waals surface area (Å²) < 4.78 is 0. The van der Waals surface area contributed by atoms with Gasteiger partial charge in [-0.25, -0.2) is 0 Å². The Morgan fingerprint density at radius 1 is 0.846 bits per heavy atom. The van der Waals surface area contributed by atoms with Crippen LogP contribution in [0.2, 0.25) is 0 Å². The van der Waals surface area contributed by atoms with Crippen LogP contribution in [0.5, 0.6) is 0 Å². The molecule has 0 unspecified atom stereocenters. The zero-order valence-electron chi connectivity index (χ0n) is 16.0. The van der Waals surface area contributed by atoms with Gasteiger partial charge < -0.3 is 4.90 Å². The number of piperidine rings is 1. The van der Waals surface area contributed by atoms with Crippen molar-refractivity contribution < 1.29 is 0 Å². The summed E-state index contributed by atoms with van der Waals surface area (Å²) in [4.78, 5) is 7.96. The van der Waals surface area contributed by atoms with Crippen LogP contribution in [0.4, 0.5) is 5.69 Å². The molecule has 0 amide bonds. The molecule has 2 aliphatic heterocycles. The normalized spacial score (nSPS) is 22.5. The van der Waals surface area contributed by atoms with Crippen LogP contribution in [0.15, 0.2) is 54.6 Å². The van der Waals surface area contributed by atoms with E-state index >= 15 is 0 Å². The summed E-state index contributed by atoms with van der Waals surface area (Å²) in [7, 11) is 0. The molecule has 2 saturated heterocycles. The zero-order chi connectivity index (χ0) is 17.8. The molecule has 2 aliphatic rings. The van der Waals surface area contributed by atoms with E-state index in [-0.39, 0.29) is 0 Å². The van der Waals surface area contributed by atoms with Crippen LogP contribution in [-0.2, 0) is 6.54 Å². The molecule has 0 bridgehead atoms. The molecule has 2 fully saturated rings. The summed E-state index contributed by atoms with van der Waals surface area (Å²) in [5.74, 6) is 0. The van der Waals surface area contributed by atoms with Crippen molar-refractivity contribution in [2.24, 2.45) is 0 Å². The lowest BCUT2D eigenvalue weighted by molar-refractivity contribution is 0.0887. The highest BCUT2D eigenvalue weighted by molar-refractivity contribution is 5.53. The predicted molar refractivity (Wildman–Crippen MR) is 110 cm³/mol. The van der Waals surface area contributed by atoms with Crippen LogP contribution < -0.4 is 4.90 Å². The Kier molecular flexibility index (Phi) is 5.57. The Morgan fingerprint density at radius 2 is 1.58 bits per heavy atom. The summed E-state index contributed by atoms with van der Waals surface area (Å²) in [5.41, 5.74) is 4.26. The summed E-state index contributed by atoms with van der Waals surface area (Å²) in [5, 5.41) is 0. The molecule has 0 N–H and O–H groups in total. The molecule has 4 rings (SSSR count). The molecule has 0 aromatic heterocycles. The van der Waals surface area contributed by atoms with Crippen molar-refractivity contribution in [3.63, 3.8) is 0 Å². The molecule has 2 aromatic carbocycles.